The Morgan fingerprint density at radius 1 is 0.613 bits per heavy atom. The highest BCUT2D eigenvalue weighted by Gasteiger charge is 2.25. The van der Waals surface area contributed by atoms with Gasteiger partial charge in [-0.3, -0.25) is 19.2 Å². The number of hydrogen-bond donors (Lipinski definition) is 2. The van der Waals surface area contributed by atoms with Crippen LogP contribution in [-0.4, -0.2) is 23.6 Å². The number of imide groups is 1. The van der Waals surface area contributed by atoms with E-state index in [1.807, 2.05) is 6.07 Å². The Morgan fingerprint density at radius 3 is 1.81 bits per heavy atom. The van der Waals surface area contributed by atoms with E-state index in [0.29, 0.717) is 22.6 Å². The molecule has 0 spiro atoms. The summed E-state index contributed by atoms with van der Waals surface area (Å²) in [6.07, 6.45) is 2.37. The van der Waals surface area contributed by atoms with Gasteiger partial charge in [0.1, 0.15) is 0 Å². The van der Waals surface area contributed by atoms with Crippen molar-refractivity contribution in [1.29, 1.82) is 0 Å². The largest absolute Gasteiger partial charge is 0.322 e. The lowest BCUT2D eigenvalue weighted by Crippen LogP contribution is -2.29. The molecule has 1 heterocycles. The zero-order valence-corrected chi connectivity index (χ0v) is 16.2. The van der Waals surface area contributed by atoms with Gasteiger partial charge >= 0.3 is 0 Å². The second kappa shape index (κ2) is 8.46. The van der Waals surface area contributed by atoms with Crippen molar-refractivity contribution in [3.8, 4) is 0 Å². The third-order valence-corrected chi connectivity index (χ3v) is 4.59. The average Bonchev–Trinajstić information content (AvgIpc) is 3.12. The van der Waals surface area contributed by atoms with Gasteiger partial charge in [-0.1, -0.05) is 30.3 Å². The molecule has 0 unspecified atom stereocenters. The monoisotopic (exact) mass is 411 g/mol. The minimum atomic E-state index is -0.454. The fourth-order valence-corrected chi connectivity index (χ4v) is 3.11. The number of nitrogens with zero attached hydrogens (tertiary/aromatic N) is 1. The van der Waals surface area contributed by atoms with Gasteiger partial charge in [0.25, 0.3) is 23.6 Å². The number of benzene rings is 3. The van der Waals surface area contributed by atoms with E-state index < -0.39 is 17.7 Å². The van der Waals surface area contributed by atoms with Crippen LogP contribution in [0.2, 0.25) is 0 Å². The van der Waals surface area contributed by atoms with E-state index in [4.69, 9.17) is 0 Å². The SMILES string of the molecule is O=C(Nc1cccc(NC(=O)c2cccc(N3C(=O)C=CC3=O)c2)c1)c1ccccc1. The van der Waals surface area contributed by atoms with Crippen LogP contribution >= 0.6 is 0 Å². The molecule has 0 radical (unpaired) electrons. The van der Waals surface area contributed by atoms with Gasteiger partial charge in [0.2, 0.25) is 0 Å². The molecule has 0 saturated carbocycles. The van der Waals surface area contributed by atoms with Gasteiger partial charge < -0.3 is 10.6 Å². The van der Waals surface area contributed by atoms with Gasteiger partial charge in [-0.25, -0.2) is 4.90 Å². The molecule has 0 fully saturated rings. The Labute approximate surface area is 178 Å². The molecule has 31 heavy (non-hydrogen) atoms. The molecule has 4 amide bonds. The number of anilines is 3. The number of carbonyl (C=O) groups is 4. The van der Waals surface area contributed by atoms with E-state index in [0.717, 1.165) is 4.90 Å². The van der Waals surface area contributed by atoms with E-state index in [1.54, 1.807) is 66.7 Å². The number of rotatable bonds is 5. The molecule has 4 rings (SSSR count). The molecule has 0 atom stereocenters. The van der Waals surface area contributed by atoms with E-state index in [-0.39, 0.29) is 11.5 Å². The van der Waals surface area contributed by atoms with Gasteiger partial charge in [-0.15, -0.1) is 0 Å². The first-order chi connectivity index (χ1) is 15.0. The minimum absolute atomic E-state index is 0.259. The molecule has 152 valence electrons. The predicted molar refractivity (Wildman–Crippen MR) is 117 cm³/mol. The number of carbonyl (C=O) groups excluding carboxylic acids is 4. The summed E-state index contributed by atoms with van der Waals surface area (Å²) in [5.74, 6) is -1.58. The summed E-state index contributed by atoms with van der Waals surface area (Å²) < 4.78 is 0. The molecule has 1 aliphatic rings. The van der Waals surface area contributed by atoms with Gasteiger partial charge in [-0.2, -0.15) is 0 Å². The topological polar surface area (TPSA) is 95.6 Å². The van der Waals surface area contributed by atoms with Crippen molar-refractivity contribution >= 4 is 40.7 Å². The van der Waals surface area contributed by atoms with Crippen molar-refractivity contribution in [2.75, 3.05) is 15.5 Å². The first-order valence-electron chi connectivity index (χ1n) is 9.45. The molecular weight excluding hydrogens is 394 g/mol. The van der Waals surface area contributed by atoms with Crippen LogP contribution < -0.4 is 15.5 Å². The maximum atomic E-state index is 12.7. The molecule has 0 bridgehead atoms. The average molecular weight is 411 g/mol. The van der Waals surface area contributed by atoms with E-state index in [1.165, 1.54) is 18.2 Å². The van der Waals surface area contributed by atoms with Gasteiger partial charge in [-0.05, 0) is 48.5 Å². The van der Waals surface area contributed by atoms with Gasteiger partial charge in [0.05, 0.1) is 5.69 Å². The lowest BCUT2D eigenvalue weighted by Gasteiger charge is -2.15. The fraction of sp³-hybridized carbons (Fsp3) is 0. The Morgan fingerprint density at radius 2 is 1.16 bits per heavy atom. The number of amides is 4. The molecule has 0 saturated heterocycles. The van der Waals surface area contributed by atoms with Crippen LogP contribution in [0.1, 0.15) is 20.7 Å². The third-order valence-electron chi connectivity index (χ3n) is 4.59. The van der Waals surface area contributed by atoms with Crippen molar-refractivity contribution in [1.82, 2.24) is 0 Å². The van der Waals surface area contributed by atoms with Crippen molar-refractivity contribution < 1.29 is 19.2 Å². The minimum Gasteiger partial charge on any atom is -0.322 e. The number of nitrogens with one attached hydrogen (secondary N) is 2. The van der Waals surface area contributed by atoms with Crippen LogP contribution in [0.15, 0.2) is 91.0 Å². The van der Waals surface area contributed by atoms with Crippen molar-refractivity contribution in [2.45, 2.75) is 0 Å². The third kappa shape index (κ3) is 4.40. The molecule has 3 aromatic rings. The molecule has 0 aromatic heterocycles. The maximum absolute atomic E-state index is 12.7. The Hall–Kier alpha value is -4.52. The summed E-state index contributed by atoms with van der Waals surface area (Å²) in [7, 11) is 0. The van der Waals surface area contributed by atoms with Crippen molar-refractivity contribution in [3.63, 3.8) is 0 Å². The zero-order valence-electron chi connectivity index (χ0n) is 16.2. The Bertz CT molecular complexity index is 1200. The lowest BCUT2D eigenvalue weighted by molar-refractivity contribution is -0.119. The molecular formula is C24H17N3O4. The Kier molecular flexibility index (Phi) is 5.40. The normalized spacial score (nSPS) is 12.7. The van der Waals surface area contributed by atoms with Crippen LogP contribution in [0.3, 0.4) is 0 Å². The first kappa shape index (κ1) is 19.8. The van der Waals surface area contributed by atoms with E-state index >= 15 is 0 Å². The lowest BCUT2D eigenvalue weighted by atomic mass is 10.1. The molecule has 7 nitrogen and oxygen atoms in total. The summed E-state index contributed by atoms with van der Waals surface area (Å²) in [4.78, 5) is 49.8. The summed E-state index contributed by atoms with van der Waals surface area (Å²) >= 11 is 0. The molecule has 2 N–H and O–H groups in total. The second-order valence-electron chi connectivity index (χ2n) is 6.75. The highest BCUT2D eigenvalue weighted by molar-refractivity contribution is 6.28. The fourth-order valence-electron chi connectivity index (χ4n) is 3.11. The quantitative estimate of drug-likeness (QED) is 0.627. The summed E-state index contributed by atoms with van der Waals surface area (Å²) in [6.45, 7) is 0. The van der Waals surface area contributed by atoms with Crippen LogP contribution in [0.4, 0.5) is 17.1 Å². The predicted octanol–water partition coefficient (Wildman–Crippen LogP) is 3.62. The van der Waals surface area contributed by atoms with Gasteiger partial charge in [0.15, 0.2) is 0 Å². The smallest absolute Gasteiger partial charge is 0.258 e. The highest BCUT2D eigenvalue weighted by atomic mass is 16.2. The Balaban J connectivity index is 1.47. The first-order valence-corrected chi connectivity index (χ1v) is 9.45. The summed E-state index contributed by atoms with van der Waals surface area (Å²) in [5.41, 5.74) is 2.13. The van der Waals surface area contributed by atoms with Crippen LogP contribution in [0, 0.1) is 0 Å². The summed E-state index contributed by atoms with van der Waals surface area (Å²) in [5, 5.41) is 5.55. The molecule has 1 aliphatic heterocycles. The zero-order chi connectivity index (χ0) is 21.8. The molecule has 0 aliphatic carbocycles. The summed E-state index contributed by atoms with van der Waals surface area (Å²) in [6, 6.07) is 21.8. The van der Waals surface area contributed by atoms with Crippen molar-refractivity contribution in [2.24, 2.45) is 0 Å². The van der Waals surface area contributed by atoms with Gasteiger partial charge in [0, 0.05) is 34.7 Å². The highest BCUT2D eigenvalue weighted by Crippen LogP contribution is 2.22. The van der Waals surface area contributed by atoms with Crippen LogP contribution in [0.5, 0.6) is 0 Å². The maximum Gasteiger partial charge on any atom is 0.258 e. The van der Waals surface area contributed by atoms with E-state index in [9.17, 15) is 19.2 Å². The second-order valence-corrected chi connectivity index (χ2v) is 6.75. The van der Waals surface area contributed by atoms with Crippen molar-refractivity contribution in [3.05, 3.63) is 102 Å². The molecule has 3 aromatic carbocycles. The molecule has 7 heteroatoms. The van der Waals surface area contributed by atoms with E-state index in [2.05, 4.69) is 10.6 Å². The number of hydrogen-bond acceptors (Lipinski definition) is 4. The van der Waals surface area contributed by atoms with Crippen LogP contribution in [-0.2, 0) is 9.59 Å². The van der Waals surface area contributed by atoms with Crippen LogP contribution in [0.25, 0.3) is 0 Å². The standard InChI is InChI=1S/C24H17N3O4/c28-21-12-13-22(29)27(21)20-11-4-8-17(14-20)24(31)26-19-10-5-9-18(15-19)25-23(30)16-6-2-1-3-7-16/h1-15H,(H,25,30)(H,26,31).